The maximum atomic E-state index is 2.75. The van der Waals surface area contributed by atoms with Crippen molar-refractivity contribution in [3.8, 4) is 0 Å². The van der Waals surface area contributed by atoms with E-state index in [1.54, 1.807) is 0 Å². The Morgan fingerprint density at radius 3 is 1.19 bits per heavy atom. The van der Waals surface area contributed by atoms with Gasteiger partial charge in [0.2, 0.25) is 0 Å². The quantitative estimate of drug-likeness (QED) is 0.846. The fraction of sp³-hybridized carbons (Fsp3) is 0.333. The summed E-state index contributed by atoms with van der Waals surface area (Å²) in [7, 11) is 7.50. The minimum absolute atomic E-state index is 0.136. The van der Waals surface area contributed by atoms with E-state index in [1.165, 1.54) is 20.6 Å². The molecule has 0 aliphatic rings. The Morgan fingerprint density at radius 1 is 0.619 bits per heavy atom. The van der Waals surface area contributed by atoms with E-state index in [9.17, 15) is 0 Å². The predicted octanol–water partition coefficient (Wildman–Crippen LogP) is 3.14. The normalized spacial score (nSPS) is 8.76. The van der Waals surface area contributed by atoms with Crippen LogP contribution in [0.5, 0.6) is 0 Å². The third kappa shape index (κ3) is 12.5. The van der Waals surface area contributed by atoms with Crippen LogP contribution in [0.4, 0.5) is 0 Å². The van der Waals surface area contributed by atoms with E-state index in [2.05, 4.69) is 71.3 Å². The van der Waals surface area contributed by atoms with Gasteiger partial charge < -0.3 is 10.6 Å². The van der Waals surface area contributed by atoms with Crippen molar-refractivity contribution < 1.29 is 19.2 Å². The van der Waals surface area contributed by atoms with E-state index in [0.29, 0.717) is 0 Å². The van der Waals surface area contributed by atoms with E-state index in [1.807, 2.05) is 28.2 Å². The molecule has 2 aromatic carbocycles. The molecule has 0 aromatic heterocycles. The summed E-state index contributed by atoms with van der Waals surface area (Å²) >= 11 is 0.136. The Labute approximate surface area is 139 Å². The molecule has 21 heavy (non-hydrogen) atoms. The van der Waals surface area contributed by atoms with Crippen molar-refractivity contribution in [2.75, 3.05) is 28.2 Å². The summed E-state index contributed by atoms with van der Waals surface area (Å²) in [5, 5.41) is 5.50. The predicted molar refractivity (Wildman–Crippen MR) is 90.3 cm³/mol. The zero-order valence-corrected chi connectivity index (χ0v) is 15.2. The average Bonchev–Trinajstić information content (AvgIpc) is 2.51. The maximum absolute atomic E-state index is 2.75. The van der Waals surface area contributed by atoms with Crippen molar-refractivity contribution in [2.24, 2.45) is 0 Å². The van der Waals surface area contributed by atoms with Gasteiger partial charge in [0.05, 0.1) is 0 Å². The first-order valence-corrected chi connectivity index (χ1v) is 9.44. The van der Waals surface area contributed by atoms with Crippen LogP contribution >= 0.6 is 0 Å². The Hall–Kier alpha value is -0.926. The van der Waals surface area contributed by atoms with Gasteiger partial charge in [0, 0.05) is 0 Å². The van der Waals surface area contributed by atoms with E-state index in [0.717, 1.165) is 0 Å². The fourth-order valence-electron chi connectivity index (χ4n) is 1.54. The Bertz CT molecular complexity index is 376. The molecule has 0 heterocycles. The summed E-state index contributed by atoms with van der Waals surface area (Å²) in [5.41, 5.74) is 2.99. The monoisotopic (exact) mass is 320 g/mol. The van der Waals surface area contributed by atoms with Crippen LogP contribution in [0.15, 0.2) is 60.7 Å². The van der Waals surface area contributed by atoms with Gasteiger partial charge >= 0.3 is 100 Å². The number of nitrogens with one attached hydrogen (secondary N) is 2. The molecule has 0 spiro atoms. The molecule has 0 radical (unpaired) electrons. The third-order valence-corrected chi connectivity index (χ3v) is 4.40. The summed E-state index contributed by atoms with van der Waals surface area (Å²) < 4.78 is 2.60. The van der Waals surface area contributed by atoms with Crippen LogP contribution in [0.2, 0.25) is 0 Å². The van der Waals surface area contributed by atoms with Crippen LogP contribution < -0.4 is 10.6 Å². The fourth-order valence-corrected chi connectivity index (χ4v) is 3.38. The summed E-state index contributed by atoms with van der Waals surface area (Å²) in [5.74, 6) is 0. The van der Waals surface area contributed by atoms with Crippen LogP contribution in [0.25, 0.3) is 0 Å². The molecule has 0 aliphatic heterocycles. The molecule has 2 aromatic rings. The average molecular weight is 320 g/mol. The van der Waals surface area contributed by atoms with Gasteiger partial charge in [-0.3, -0.25) is 0 Å². The van der Waals surface area contributed by atoms with E-state index in [4.69, 9.17) is 0 Å². The Balaban J connectivity index is 0.000000578. The van der Waals surface area contributed by atoms with Crippen LogP contribution in [0.1, 0.15) is 11.1 Å². The van der Waals surface area contributed by atoms with E-state index >= 15 is 0 Å². The number of rotatable bonds is 4. The first kappa shape index (κ1) is 20.1. The van der Waals surface area contributed by atoms with Crippen molar-refractivity contribution in [3.63, 3.8) is 0 Å². The third-order valence-electron chi connectivity index (χ3n) is 2.34. The van der Waals surface area contributed by atoms with Gasteiger partial charge in [0.15, 0.2) is 0 Å². The second-order valence-electron chi connectivity index (χ2n) is 4.57. The molecule has 0 amide bonds. The van der Waals surface area contributed by atoms with Gasteiger partial charge in [-0.05, 0) is 28.2 Å². The van der Waals surface area contributed by atoms with Crippen molar-refractivity contribution in [1.29, 1.82) is 0 Å². The SMILES string of the molecule is CNC.CNC.c1ccc([CH2][Ti][CH2]c2ccccc2)cc1. The summed E-state index contributed by atoms with van der Waals surface area (Å²) in [4.78, 5) is 0. The molecule has 0 fully saturated rings. The van der Waals surface area contributed by atoms with Crippen molar-refractivity contribution in [3.05, 3.63) is 71.8 Å². The first-order valence-electron chi connectivity index (χ1n) is 7.24. The first-order chi connectivity index (χ1) is 10.3. The molecule has 2 N–H and O–H groups in total. The molecular formula is C18H28N2Ti. The number of hydrogen-bond acceptors (Lipinski definition) is 2. The molecule has 0 atom stereocenters. The Morgan fingerprint density at radius 2 is 0.905 bits per heavy atom. The van der Waals surface area contributed by atoms with Crippen LogP contribution in [-0.2, 0) is 28.6 Å². The second kappa shape index (κ2) is 15.5. The van der Waals surface area contributed by atoms with Gasteiger partial charge in [-0.2, -0.15) is 0 Å². The molecule has 2 nitrogen and oxygen atoms in total. The summed E-state index contributed by atoms with van der Waals surface area (Å²) in [6.07, 6.45) is 0. The van der Waals surface area contributed by atoms with Crippen molar-refractivity contribution in [2.45, 2.75) is 9.45 Å². The number of hydrogen-bond donors (Lipinski definition) is 2. The standard InChI is InChI=1S/2C7H7.2C2H7N.Ti/c2*1-7-5-3-2-4-6-7;2*1-3-2;/h2*2-6H,1H2;2*3H,1-2H3;. The van der Waals surface area contributed by atoms with E-state index < -0.39 is 0 Å². The molecule has 0 unspecified atom stereocenters. The molecular weight excluding hydrogens is 292 g/mol. The van der Waals surface area contributed by atoms with Gasteiger partial charge in [0.25, 0.3) is 0 Å². The van der Waals surface area contributed by atoms with Crippen molar-refractivity contribution in [1.82, 2.24) is 10.6 Å². The Kier molecular flexibility index (Phi) is 14.8. The second-order valence-corrected chi connectivity index (χ2v) is 6.46. The van der Waals surface area contributed by atoms with Crippen LogP contribution in [0.3, 0.4) is 0 Å². The zero-order valence-electron chi connectivity index (χ0n) is 13.7. The topological polar surface area (TPSA) is 24.1 Å². The number of benzene rings is 2. The molecule has 0 aliphatic carbocycles. The van der Waals surface area contributed by atoms with Gasteiger partial charge in [-0.25, -0.2) is 0 Å². The van der Waals surface area contributed by atoms with Crippen LogP contribution in [0, 0.1) is 0 Å². The zero-order chi connectivity index (χ0) is 15.8. The molecule has 0 bridgehead atoms. The summed E-state index contributed by atoms with van der Waals surface area (Å²) in [6, 6.07) is 21.6. The molecule has 114 valence electrons. The molecule has 2 rings (SSSR count). The van der Waals surface area contributed by atoms with Crippen LogP contribution in [-0.4, -0.2) is 28.2 Å². The van der Waals surface area contributed by atoms with E-state index in [-0.39, 0.29) is 19.2 Å². The minimum atomic E-state index is 0.136. The van der Waals surface area contributed by atoms with Gasteiger partial charge in [-0.15, -0.1) is 0 Å². The summed E-state index contributed by atoms with van der Waals surface area (Å²) in [6.45, 7) is 0. The van der Waals surface area contributed by atoms with Crippen molar-refractivity contribution >= 4 is 0 Å². The molecule has 0 saturated heterocycles. The molecule has 3 heteroatoms. The van der Waals surface area contributed by atoms with Gasteiger partial charge in [0.1, 0.15) is 0 Å². The molecule has 0 saturated carbocycles. The van der Waals surface area contributed by atoms with Gasteiger partial charge in [-0.1, -0.05) is 0 Å².